The molecule has 0 aliphatic heterocycles. The van der Waals surface area contributed by atoms with Crippen LogP contribution < -0.4 is 15.6 Å². The van der Waals surface area contributed by atoms with E-state index in [1.54, 1.807) is 43.3 Å². The lowest BCUT2D eigenvalue weighted by atomic mass is 10.2. The van der Waals surface area contributed by atoms with Crippen LogP contribution in [0.4, 0.5) is 0 Å². The Balaban J connectivity index is 1.84. The zero-order chi connectivity index (χ0) is 15.9. The van der Waals surface area contributed by atoms with Crippen molar-refractivity contribution in [1.82, 2.24) is 10.9 Å². The molecular formula is C17H18N2O3. The summed E-state index contributed by atoms with van der Waals surface area (Å²) in [6, 6.07) is 16.0. The predicted octanol–water partition coefficient (Wildman–Crippen LogP) is 2.22. The minimum absolute atomic E-state index is 0.378. The van der Waals surface area contributed by atoms with Crippen molar-refractivity contribution < 1.29 is 14.3 Å². The summed E-state index contributed by atoms with van der Waals surface area (Å²) < 4.78 is 5.51. The second-order valence-corrected chi connectivity index (χ2v) is 4.88. The van der Waals surface area contributed by atoms with Crippen LogP contribution in [0.2, 0.25) is 0 Å². The summed E-state index contributed by atoms with van der Waals surface area (Å²) in [4.78, 5) is 23.7. The van der Waals surface area contributed by atoms with Crippen LogP contribution in [0.3, 0.4) is 0 Å². The van der Waals surface area contributed by atoms with E-state index in [9.17, 15) is 9.59 Å². The summed E-state index contributed by atoms with van der Waals surface area (Å²) in [5.41, 5.74) is 6.28. The van der Waals surface area contributed by atoms with Crippen LogP contribution in [-0.2, 0) is 4.79 Å². The molecule has 0 aromatic heterocycles. The summed E-state index contributed by atoms with van der Waals surface area (Å²) in [7, 11) is 0. The Bertz CT molecular complexity index is 639. The van der Waals surface area contributed by atoms with Crippen molar-refractivity contribution in [3.63, 3.8) is 0 Å². The molecule has 2 aromatic carbocycles. The van der Waals surface area contributed by atoms with Gasteiger partial charge in [-0.3, -0.25) is 20.4 Å². The van der Waals surface area contributed by atoms with Gasteiger partial charge in [0.15, 0.2) is 6.10 Å². The SMILES string of the molecule is Cc1ccc(OC(C)C(=O)NNC(=O)c2ccccc2)cc1. The molecule has 22 heavy (non-hydrogen) atoms. The monoisotopic (exact) mass is 298 g/mol. The first-order valence-corrected chi connectivity index (χ1v) is 6.95. The molecular weight excluding hydrogens is 280 g/mol. The average molecular weight is 298 g/mol. The second kappa shape index (κ2) is 7.26. The number of nitrogens with one attached hydrogen (secondary N) is 2. The molecule has 114 valence electrons. The molecule has 2 aromatic rings. The third-order valence-electron chi connectivity index (χ3n) is 3.04. The Kier molecular flexibility index (Phi) is 5.14. The molecule has 0 aliphatic rings. The van der Waals surface area contributed by atoms with Gasteiger partial charge in [-0.2, -0.15) is 0 Å². The van der Waals surface area contributed by atoms with Crippen molar-refractivity contribution in [2.24, 2.45) is 0 Å². The highest BCUT2D eigenvalue weighted by Gasteiger charge is 2.15. The molecule has 0 aliphatic carbocycles. The van der Waals surface area contributed by atoms with Crippen molar-refractivity contribution in [1.29, 1.82) is 0 Å². The first-order chi connectivity index (χ1) is 10.6. The van der Waals surface area contributed by atoms with Crippen LogP contribution in [0.5, 0.6) is 5.75 Å². The molecule has 0 bridgehead atoms. The summed E-state index contributed by atoms with van der Waals surface area (Å²) in [6.45, 7) is 3.59. The number of carbonyl (C=O) groups is 2. The highest BCUT2D eigenvalue weighted by molar-refractivity contribution is 5.95. The number of hydrogen-bond acceptors (Lipinski definition) is 3. The van der Waals surface area contributed by atoms with Crippen molar-refractivity contribution in [2.75, 3.05) is 0 Å². The van der Waals surface area contributed by atoms with E-state index in [1.807, 2.05) is 25.1 Å². The van der Waals surface area contributed by atoms with Gasteiger partial charge in [0.05, 0.1) is 0 Å². The summed E-state index contributed by atoms with van der Waals surface area (Å²) in [5, 5.41) is 0. The van der Waals surface area contributed by atoms with Gasteiger partial charge in [0.2, 0.25) is 0 Å². The van der Waals surface area contributed by atoms with E-state index in [0.717, 1.165) is 5.56 Å². The fourth-order valence-electron chi connectivity index (χ4n) is 1.76. The first-order valence-electron chi connectivity index (χ1n) is 6.95. The van der Waals surface area contributed by atoms with Gasteiger partial charge in [-0.1, -0.05) is 35.9 Å². The van der Waals surface area contributed by atoms with Gasteiger partial charge in [-0.05, 0) is 38.1 Å². The number of carbonyl (C=O) groups excluding carboxylic acids is 2. The van der Waals surface area contributed by atoms with Gasteiger partial charge >= 0.3 is 0 Å². The third-order valence-corrected chi connectivity index (χ3v) is 3.04. The Morgan fingerprint density at radius 1 is 0.955 bits per heavy atom. The summed E-state index contributed by atoms with van der Waals surface area (Å²) >= 11 is 0. The maximum Gasteiger partial charge on any atom is 0.279 e. The lowest BCUT2D eigenvalue weighted by Crippen LogP contribution is -2.47. The van der Waals surface area contributed by atoms with Crippen LogP contribution >= 0.6 is 0 Å². The van der Waals surface area contributed by atoms with Crippen LogP contribution in [0, 0.1) is 6.92 Å². The van der Waals surface area contributed by atoms with E-state index in [1.165, 1.54) is 0 Å². The molecule has 0 radical (unpaired) electrons. The fourth-order valence-corrected chi connectivity index (χ4v) is 1.76. The normalized spacial score (nSPS) is 11.4. The maximum absolute atomic E-state index is 11.9. The molecule has 1 unspecified atom stereocenters. The summed E-state index contributed by atoms with van der Waals surface area (Å²) in [5.74, 6) is -0.205. The van der Waals surface area contributed by atoms with Crippen molar-refractivity contribution in [2.45, 2.75) is 20.0 Å². The van der Waals surface area contributed by atoms with Gasteiger partial charge in [-0.15, -0.1) is 0 Å². The predicted molar refractivity (Wildman–Crippen MR) is 83.3 cm³/mol. The number of ether oxygens (including phenoxy) is 1. The van der Waals surface area contributed by atoms with Gasteiger partial charge in [0.1, 0.15) is 5.75 Å². The van der Waals surface area contributed by atoms with Crippen LogP contribution in [0.15, 0.2) is 54.6 Å². The highest BCUT2D eigenvalue weighted by Crippen LogP contribution is 2.13. The summed E-state index contributed by atoms with van der Waals surface area (Å²) in [6.07, 6.45) is -0.723. The second-order valence-electron chi connectivity index (χ2n) is 4.88. The number of benzene rings is 2. The number of aryl methyl sites for hydroxylation is 1. The number of rotatable bonds is 4. The number of hydrogen-bond donors (Lipinski definition) is 2. The van der Waals surface area contributed by atoms with Crippen LogP contribution in [-0.4, -0.2) is 17.9 Å². The average Bonchev–Trinajstić information content (AvgIpc) is 2.55. The van der Waals surface area contributed by atoms with E-state index in [4.69, 9.17) is 4.74 Å². The molecule has 5 heteroatoms. The maximum atomic E-state index is 11.9. The molecule has 0 spiro atoms. The van der Waals surface area contributed by atoms with Gasteiger partial charge in [0.25, 0.3) is 11.8 Å². The Hall–Kier alpha value is -2.82. The lowest BCUT2D eigenvalue weighted by molar-refractivity contribution is -0.128. The van der Waals surface area contributed by atoms with E-state index >= 15 is 0 Å². The molecule has 0 fully saturated rings. The van der Waals surface area contributed by atoms with E-state index in [-0.39, 0.29) is 5.91 Å². The molecule has 2 N–H and O–H groups in total. The molecule has 2 rings (SSSR count). The van der Waals surface area contributed by atoms with E-state index in [2.05, 4.69) is 10.9 Å². The standard InChI is InChI=1S/C17H18N2O3/c1-12-8-10-15(11-9-12)22-13(2)16(20)18-19-17(21)14-6-4-3-5-7-14/h3-11,13H,1-2H3,(H,18,20)(H,19,21). The van der Waals surface area contributed by atoms with E-state index < -0.39 is 12.0 Å². The molecule has 0 saturated carbocycles. The minimum Gasteiger partial charge on any atom is -0.481 e. The Morgan fingerprint density at radius 3 is 2.23 bits per heavy atom. The molecule has 1 atom stereocenters. The molecule has 2 amide bonds. The van der Waals surface area contributed by atoms with Gasteiger partial charge < -0.3 is 4.74 Å². The van der Waals surface area contributed by atoms with Crippen molar-refractivity contribution in [3.8, 4) is 5.75 Å². The molecule has 0 heterocycles. The largest absolute Gasteiger partial charge is 0.481 e. The first kappa shape index (κ1) is 15.6. The molecule has 5 nitrogen and oxygen atoms in total. The zero-order valence-electron chi connectivity index (χ0n) is 12.5. The van der Waals surface area contributed by atoms with Gasteiger partial charge in [0, 0.05) is 5.56 Å². The third kappa shape index (κ3) is 4.34. The Morgan fingerprint density at radius 2 is 1.59 bits per heavy atom. The van der Waals surface area contributed by atoms with Crippen LogP contribution in [0.25, 0.3) is 0 Å². The highest BCUT2D eigenvalue weighted by atomic mass is 16.5. The van der Waals surface area contributed by atoms with E-state index in [0.29, 0.717) is 11.3 Å². The number of amides is 2. The van der Waals surface area contributed by atoms with Crippen molar-refractivity contribution in [3.05, 3.63) is 65.7 Å². The fraction of sp³-hybridized carbons (Fsp3) is 0.176. The van der Waals surface area contributed by atoms with Gasteiger partial charge in [-0.25, -0.2) is 0 Å². The van der Waals surface area contributed by atoms with Crippen molar-refractivity contribution >= 4 is 11.8 Å². The minimum atomic E-state index is -0.723. The quantitative estimate of drug-likeness (QED) is 0.851. The van der Waals surface area contributed by atoms with Crippen LogP contribution in [0.1, 0.15) is 22.8 Å². The number of hydrazine groups is 1. The Labute approximate surface area is 129 Å². The smallest absolute Gasteiger partial charge is 0.279 e. The topological polar surface area (TPSA) is 67.4 Å². The lowest BCUT2D eigenvalue weighted by Gasteiger charge is -2.15. The zero-order valence-corrected chi connectivity index (χ0v) is 12.5. The molecule has 0 saturated heterocycles.